The van der Waals surface area contributed by atoms with Gasteiger partial charge < -0.3 is 15.4 Å². The first kappa shape index (κ1) is 12.3. The Bertz CT molecular complexity index is 210. The van der Waals surface area contributed by atoms with Crippen molar-refractivity contribution in [2.45, 2.75) is 38.1 Å². The average molecular weight is 226 g/mol. The molecule has 1 aliphatic heterocycles. The molecule has 16 heavy (non-hydrogen) atoms. The molecule has 1 saturated carbocycles. The van der Waals surface area contributed by atoms with Crippen LogP contribution in [0.1, 0.15) is 32.1 Å². The second-order valence-electron chi connectivity index (χ2n) is 5.46. The minimum atomic E-state index is 0.519. The SMILES string of the molecule is CNCC1(C(NC)C2CCOCC2)CCC1. The Hall–Kier alpha value is -0.120. The van der Waals surface area contributed by atoms with E-state index in [0.29, 0.717) is 11.5 Å². The molecule has 0 bridgehead atoms. The van der Waals surface area contributed by atoms with Crippen LogP contribution < -0.4 is 10.6 Å². The van der Waals surface area contributed by atoms with Crippen molar-refractivity contribution in [3.63, 3.8) is 0 Å². The Morgan fingerprint density at radius 1 is 1.25 bits per heavy atom. The van der Waals surface area contributed by atoms with Crippen LogP contribution in [-0.2, 0) is 4.74 Å². The van der Waals surface area contributed by atoms with Crippen LogP contribution in [0.25, 0.3) is 0 Å². The molecule has 1 saturated heterocycles. The topological polar surface area (TPSA) is 33.3 Å². The number of hydrogen-bond acceptors (Lipinski definition) is 3. The average Bonchev–Trinajstić information content (AvgIpc) is 2.28. The number of rotatable bonds is 5. The molecule has 1 heterocycles. The molecule has 0 radical (unpaired) electrons. The summed E-state index contributed by atoms with van der Waals surface area (Å²) in [7, 11) is 4.21. The highest BCUT2D eigenvalue weighted by molar-refractivity contribution is 5.01. The Morgan fingerprint density at radius 2 is 1.94 bits per heavy atom. The van der Waals surface area contributed by atoms with E-state index in [-0.39, 0.29) is 0 Å². The molecular formula is C13H26N2O. The van der Waals surface area contributed by atoms with E-state index in [1.54, 1.807) is 0 Å². The fraction of sp³-hybridized carbons (Fsp3) is 1.00. The Balaban J connectivity index is 2.01. The zero-order valence-electron chi connectivity index (χ0n) is 10.7. The van der Waals surface area contributed by atoms with Crippen molar-refractivity contribution in [1.29, 1.82) is 0 Å². The van der Waals surface area contributed by atoms with Gasteiger partial charge in [-0.1, -0.05) is 6.42 Å². The van der Waals surface area contributed by atoms with Crippen LogP contribution in [0.2, 0.25) is 0 Å². The summed E-state index contributed by atoms with van der Waals surface area (Å²) in [6.45, 7) is 3.08. The number of nitrogens with one attached hydrogen (secondary N) is 2. The molecule has 0 aromatic heterocycles. The highest BCUT2D eigenvalue weighted by Crippen LogP contribution is 2.46. The van der Waals surface area contributed by atoms with E-state index >= 15 is 0 Å². The predicted molar refractivity (Wildman–Crippen MR) is 66.6 cm³/mol. The molecule has 0 aromatic rings. The maximum Gasteiger partial charge on any atom is 0.0469 e. The summed E-state index contributed by atoms with van der Waals surface area (Å²) in [6.07, 6.45) is 6.64. The van der Waals surface area contributed by atoms with Crippen LogP contribution in [0, 0.1) is 11.3 Å². The molecule has 0 amide bonds. The van der Waals surface area contributed by atoms with Gasteiger partial charge in [0.2, 0.25) is 0 Å². The molecule has 2 rings (SSSR count). The number of hydrogen-bond donors (Lipinski definition) is 2. The lowest BCUT2D eigenvalue weighted by Gasteiger charge is -2.51. The van der Waals surface area contributed by atoms with Gasteiger partial charge in [-0.2, -0.15) is 0 Å². The predicted octanol–water partition coefficient (Wildman–Crippen LogP) is 1.39. The van der Waals surface area contributed by atoms with Gasteiger partial charge in [0.1, 0.15) is 0 Å². The Labute approximate surface area is 99.3 Å². The van der Waals surface area contributed by atoms with Crippen molar-refractivity contribution in [3.05, 3.63) is 0 Å². The maximum absolute atomic E-state index is 5.48. The van der Waals surface area contributed by atoms with Crippen molar-refractivity contribution in [2.75, 3.05) is 33.9 Å². The van der Waals surface area contributed by atoms with Gasteiger partial charge in [0, 0.05) is 25.8 Å². The zero-order chi connectivity index (χ0) is 11.4. The zero-order valence-corrected chi connectivity index (χ0v) is 10.7. The first-order chi connectivity index (χ1) is 7.82. The van der Waals surface area contributed by atoms with Crippen molar-refractivity contribution >= 4 is 0 Å². The minimum absolute atomic E-state index is 0.519. The summed E-state index contributed by atoms with van der Waals surface area (Å²) in [4.78, 5) is 0. The quantitative estimate of drug-likeness (QED) is 0.743. The molecule has 0 aromatic carbocycles. The molecule has 2 aliphatic rings. The standard InChI is InChI=1S/C13H26N2O/c1-14-10-13(6-3-7-13)12(15-2)11-4-8-16-9-5-11/h11-12,14-15H,3-10H2,1-2H3. The van der Waals surface area contributed by atoms with Crippen molar-refractivity contribution in [1.82, 2.24) is 10.6 Å². The molecule has 3 heteroatoms. The second kappa shape index (κ2) is 5.48. The molecule has 2 N–H and O–H groups in total. The minimum Gasteiger partial charge on any atom is -0.381 e. The van der Waals surface area contributed by atoms with Crippen molar-refractivity contribution in [2.24, 2.45) is 11.3 Å². The van der Waals surface area contributed by atoms with E-state index in [1.165, 1.54) is 32.1 Å². The van der Waals surface area contributed by atoms with Gasteiger partial charge in [-0.15, -0.1) is 0 Å². The van der Waals surface area contributed by atoms with Gasteiger partial charge in [0.25, 0.3) is 0 Å². The molecule has 1 unspecified atom stereocenters. The van der Waals surface area contributed by atoms with Gasteiger partial charge in [0.15, 0.2) is 0 Å². The molecule has 3 nitrogen and oxygen atoms in total. The molecular weight excluding hydrogens is 200 g/mol. The monoisotopic (exact) mass is 226 g/mol. The van der Waals surface area contributed by atoms with Gasteiger partial charge in [-0.3, -0.25) is 0 Å². The smallest absolute Gasteiger partial charge is 0.0469 e. The van der Waals surface area contributed by atoms with Crippen LogP contribution >= 0.6 is 0 Å². The van der Waals surface area contributed by atoms with E-state index in [2.05, 4.69) is 24.7 Å². The summed E-state index contributed by atoms with van der Waals surface area (Å²) >= 11 is 0. The van der Waals surface area contributed by atoms with Gasteiger partial charge in [0.05, 0.1) is 0 Å². The van der Waals surface area contributed by atoms with E-state index in [9.17, 15) is 0 Å². The van der Waals surface area contributed by atoms with Crippen molar-refractivity contribution < 1.29 is 4.74 Å². The first-order valence-corrected chi connectivity index (χ1v) is 6.72. The third kappa shape index (κ3) is 2.27. The lowest BCUT2D eigenvalue weighted by atomic mass is 9.60. The maximum atomic E-state index is 5.48. The normalized spacial score (nSPS) is 27.4. The van der Waals surface area contributed by atoms with Gasteiger partial charge in [-0.05, 0) is 51.1 Å². The fourth-order valence-corrected chi connectivity index (χ4v) is 3.67. The Morgan fingerprint density at radius 3 is 2.38 bits per heavy atom. The molecule has 1 aliphatic carbocycles. The highest BCUT2D eigenvalue weighted by atomic mass is 16.5. The van der Waals surface area contributed by atoms with Crippen LogP contribution in [0.5, 0.6) is 0 Å². The second-order valence-corrected chi connectivity index (χ2v) is 5.46. The summed E-state index contributed by atoms with van der Waals surface area (Å²) in [5.74, 6) is 0.812. The molecule has 94 valence electrons. The first-order valence-electron chi connectivity index (χ1n) is 6.72. The summed E-state index contributed by atoms with van der Waals surface area (Å²) < 4.78 is 5.48. The molecule has 1 atom stereocenters. The summed E-state index contributed by atoms with van der Waals surface area (Å²) in [6, 6.07) is 0.678. The summed E-state index contributed by atoms with van der Waals surface area (Å²) in [5.41, 5.74) is 0.519. The van der Waals surface area contributed by atoms with Crippen LogP contribution in [-0.4, -0.2) is 39.9 Å². The third-order valence-electron chi connectivity index (χ3n) is 4.59. The van der Waals surface area contributed by atoms with Gasteiger partial charge >= 0.3 is 0 Å². The summed E-state index contributed by atoms with van der Waals surface area (Å²) in [5, 5.41) is 7.00. The van der Waals surface area contributed by atoms with E-state index < -0.39 is 0 Å². The van der Waals surface area contributed by atoms with E-state index in [1.807, 2.05) is 0 Å². The molecule has 2 fully saturated rings. The third-order valence-corrected chi connectivity index (χ3v) is 4.59. The van der Waals surface area contributed by atoms with Crippen LogP contribution in [0.15, 0.2) is 0 Å². The molecule has 0 spiro atoms. The van der Waals surface area contributed by atoms with E-state index in [4.69, 9.17) is 4.74 Å². The largest absolute Gasteiger partial charge is 0.381 e. The van der Waals surface area contributed by atoms with Crippen LogP contribution in [0.3, 0.4) is 0 Å². The number of ether oxygens (including phenoxy) is 1. The fourth-order valence-electron chi connectivity index (χ4n) is 3.67. The van der Waals surface area contributed by atoms with Crippen molar-refractivity contribution in [3.8, 4) is 0 Å². The Kier molecular flexibility index (Phi) is 4.22. The lowest BCUT2D eigenvalue weighted by molar-refractivity contribution is -0.00447. The lowest BCUT2D eigenvalue weighted by Crippen LogP contribution is -2.57. The highest BCUT2D eigenvalue weighted by Gasteiger charge is 2.46. The van der Waals surface area contributed by atoms with E-state index in [0.717, 1.165) is 25.7 Å². The van der Waals surface area contributed by atoms with Gasteiger partial charge in [-0.25, -0.2) is 0 Å². The van der Waals surface area contributed by atoms with Crippen LogP contribution in [0.4, 0.5) is 0 Å².